The summed E-state index contributed by atoms with van der Waals surface area (Å²) in [7, 11) is 3.03. The van der Waals surface area contributed by atoms with Crippen LogP contribution in [0.15, 0.2) is 48.5 Å². The summed E-state index contributed by atoms with van der Waals surface area (Å²) in [5.41, 5.74) is 2.90. The Labute approximate surface area is 212 Å². The van der Waals surface area contributed by atoms with E-state index in [0.717, 1.165) is 11.5 Å². The lowest BCUT2D eigenvalue weighted by atomic mass is 9.15. The highest BCUT2D eigenvalue weighted by atomic mass is 31.2. The molecule has 2 aromatic rings. The molecule has 34 heavy (non-hydrogen) atoms. The number of methoxy groups -OCH3 is 2. The normalized spacial score (nSPS) is 11.5. The molecule has 0 saturated carbocycles. The van der Waals surface area contributed by atoms with Gasteiger partial charge in [-0.2, -0.15) is 12.6 Å². The van der Waals surface area contributed by atoms with Crippen LogP contribution in [-0.2, 0) is 0 Å². The van der Waals surface area contributed by atoms with Crippen molar-refractivity contribution >= 4 is 24.3 Å². The first kappa shape index (κ1) is 30.6. The fraction of sp³-hybridized carbons (Fsp3) is 0.600. The quantitative estimate of drug-likeness (QED) is 0.199. The Morgan fingerprint density at radius 2 is 0.882 bits per heavy atom. The van der Waals surface area contributed by atoms with Crippen molar-refractivity contribution in [1.82, 2.24) is 0 Å². The molecule has 4 heteroatoms. The molecule has 0 radical (unpaired) electrons. The first-order chi connectivity index (χ1) is 16.4. The Bertz CT molecular complexity index is 694. The van der Waals surface area contributed by atoms with Gasteiger partial charge in [0.05, 0.1) is 45.0 Å². The van der Waals surface area contributed by atoms with Crippen molar-refractivity contribution in [3.63, 3.8) is 0 Å². The van der Waals surface area contributed by atoms with Gasteiger partial charge in [-0.15, -0.1) is 0 Å². The highest BCUT2D eigenvalue weighted by Crippen LogP contribution is 2.57. The lowest BCUT2D eigenvalue weighted by Gasteiger charge is -2.42. The van der Waals surface area contributed by atoms with Crippen LogP contribution in [0.2, 0.25) is 12.6 Å². The molecule has 0 atom stereocenters. The van der Waals surface area contributed by atoms with Crippen molar-refractivity contribution < 1.29 is 9.47 Å². The minimum atomic E-state index is -0.764. The Kier molecular flexibility index (Phi) is 14.6. The summed E-state index contributed by atoms with van der Waals surface area (Å²) in [5.74, 6) is 1.85. The van der Waals surface area contributed by atoms with E-state index in [1.165, 1.54) is 73.9 Å². The topological polar surface area (TPSA) is 18.5 Å². The van der Waals surface area contributed by atoms with E-state index < -0.39 is 13.4 Å². The molecule has 2 aromatic carbocycles. The maximum atomic E-state index is 5.37. The van der Waals surface area contributed by atoms with Crippen molar-refractivity contribution in [3.8, 4) is 11.5 Å². The highest BCUT2D eigenvalue weighted by molar-refractivity contribution is 7.75. The summed E-state index contributed by atoms with van der Waals surface area (Å²) < 4.78 is 10.7. The molecule has 2 nitrogen and oxygen atoms in total. The Balaban J connectivity index is 0.000000546. The first-order valence-corrected chi connectivity index (χ1v) is 16.3. The fourth-order valence-electron chi connectivity index (χ4n) is 5.39. The number of rotatable bonds is 14. The van der Waals surface area contributed by atoms with Gasteiger partial charge in [-0.1, -0.05) is 63.8 Å². The third-order valence-electron chi connectivity index (χ3n) is 8.29. The molecule has 0 fully saturated rings. The average Bonchev–Trinajstić information content (AvgIpc) is 2.91. The van der Waals surface area contributed by atoms with Gasteiger partial charge in [0.15, 0.2) is 0 Å². The lowest BCUT2D eigenvalue weighted by Crippen LogP contribution is -2.58. The minimum Gasteiger partial charge on any atom is -0.497 e. The lowest BCUT2D eigenvalue weighted by molar-refractivity contribution is 0.415. The Morgan fingerprint density at radius 1 is 0.559 bits per heavy atom. The summed E-state index contributed by atoms with van der Waals surface area (Å²) in [5, 5.41) is 0. The van der Waals surface area contributed by atoms with Gasteiger partial charge in [-0.3, -0.25) is 0 Å². The second kappa shape index (κ2) is 16.3. The summed E-state index contributed by atoms with van der Waals surface area (Å²) in [6.07, 6.45) is 12.5. The first-order valence-electron chi connectivity index (χ1n) is 13.8. The van der Waals surface area contributed by atoms with Crippen LogP contribution in [-0.4, -0.2) is 45.0 Å². The van der Waals surface area contributed by atoms with Crippen molar-refractivity contribution in [2.45, 2.75) is 79.9 Å². The number of ether oxygens (including phenoxy) is 2. The predicted molar refractivity (Wildman–Crippen MR) is 160 cm³/mol. The van der Waals surface area contributed by atoms with Crippen LogP contribution < -0.4 is 20.4 Å². The van der Waals surface area contributed by atoms with Gasteiger partial charge in [0.1, 0.15) is 11.5 Å². The predicted octanol–water partition coefficient (Wildman–Crippen LogP) is 7.95. The van der Waals surface area contributed by atoms with Crippen molar-refractivity contribution in [2.24, 2.45) is 0 Å². The molecule has 0 aliphatic heterocycles. The second-order valence-corrected chi connectivity index (χ2v) is 14.9. The van der Waals surface area contributed by atoms with E-state index in [4.69, 9.17) is 9.47 Å². The number of unbranched alkanes of at least 4 members (excludes halogenated alkanes) is 2. The number of hydrogen-bond donors (Lipinski definition) is 0. The summed E-state index contributed by atoms with van der Waals surface area (Å²) in [4.78, 5) is 0. The van der Waals surface area contributed by atoms with Crippen molar-refractivity contribution in [2.75, 3.05) is 38.9 Å². The zero-order valence-electron chi connectivity index (χ0n) is 23.5. The molecule has 0 amide bonds. The molecule has 0 unspecified atom stereocenters. The summed E-state index contributed by atoms with van der Waals surface area (Å²) >= 11 is 0. The van der Waals surface area contributed by atoms with E-state index in [2.05, 4.69) is 90.1 Å². The van der Waals surface area contributed by atoms with Crippen molar-refractivity contribution in [1.29, 1.82) is 0 Å². The molecule has 0 aliphatic rings. The summed E-state index contributed by atoms with van der Waals surface area (Å²) in [6.45, 7) is 14.0. The van der Waals surface area contributed by atoms with E-state index in [9.17, 15) is 0 Å². The van der Waals surface area contributed by atoms with Gasteiger partial charge in [0.25, 0.3) is 0 Å². The van der Waals surface area contributed by atoms with Crippen LogP contribution in [0.1, 0.15) is 67.2 Å². The Hall–Kier alpha value is -1.47. The molecule has 0 saturated heterocycles. The fourth-order valence-corrected chi connectivity index (χ4v) is 8.08. The molecule has 0 aliphatic carbocycles. The molecule has 0 aromatic heterocycles. The monoisotopic (exact) mass is 486 g/mol. The van der Waals surface area contributed by atoms with Crippen LogP contribution in [0.3, 0.4) is 0 Å². The SMILES string of the molecule is CCCC[B-](CCCC)(c1ccc(OC)cc1)c1ccc(OC)cc1.CC[P+](CC)(CC)CC. The maximum absolute atomic E-state index is 5.37. The van der Waals surface area contributed by atoms with Crippen LogP contribution in [0.25, 0.3) is 0 Å². The summed E-state index contributed by atoms with van der Waals surface area (Å²) in [6, 6.07) is 17.5. The molecule has 2 rings (SSSR count). The van der Waals surface area contributed by atoms with Gasteiger partial charge in [-0.05, 0) is 52.0 Å². The highest BCUT2D eigenvalue weighted by Gasteiger charge is 2.28. The van der Waals surface area contributed by atoms with E-state index in [1.807, 2.05) is 0 Å². The van der Waals surface area contributed by atoms with Gasteiger partial charge < -0.3 is 9.47 Å². The second-order valence-electron chi connectivity index (χ2n) is 9.69. The molecule has 0 N–H and O–H groups in total. The molecular weight excluding hydrogens is 434 g/mol. The van der Waals surface area contributed by atoms with Crippen LogP contribution in [0, 0.1) is 0 Å². The third-order valence-corrected chi connectivity index (χ3v) is 13.7. The Morgan fingerprint density at radius 3 is 1.09 bits per heavy atom. The van der Waals surface area contributed by atoms with Gasteiger partial charge in [0.2, 0.25) is 0 Å². The standard InChI is InChI=1S/C22H32BO2.C8H20P/c1-5-7-17-23(18-8-6-2,19-9-13-21(24-3)14-10-19)20-11-15-22(25-4)16-12-20;1-5-9(6-2,7-3)8-4/h9-16H,5-8,17-18H2,1-4H3;5-8H2,1-4H3/q-1;+1. The van der Waals surface area contributed by atoms with E-state index in [0.29, 0.717) is 0 Å². The van der Waals surface area contributed by atoms with E-state index >= 15 is 0 Å². The van der Waals surface area contributed by atoms with Gasteiger partial charge >= 0.3 is 0 Å². The van der Waals surface area contributed by atoms with Crippen LogP contribution >= 0.6 is 7.26 Å². The maximum Gasteiger partial charge on any atom is 0.118 e. The number of hydrogen-bond acceptors (Lipinski definition) is 2. The minimum absolute atomic E-state index is 0.420. The zero-order valence-corrected chi connectivity index (χ0v) is 24.4. The molecular formula is C30H52BO2P. The van der Waals surface area contributed by atoms with E-state index in [-0.39, 0.29) is 0 Å². The zero-order chi connectivity index (χ0) is 25.5. The molecule has 0 bridgehead atoms. The van der Waals surface area contributed by atoms with Gasteiger partial charge in [-0.25, -0.2) is 10.9 Å². The largest absolute Gasteiger partial charge is 0.497 e. The molecule has 0 spiro atoms. The van der Waals surface area contributed by atoms with Gasteiger partial charge in [0, 0.05) is 7.26 Å². The number of benzene rings is 2. The smallest absolute Gasteiger partial charge is 0.118 e. The molecule has 192 valence electrons. The van der Waals surface area contributed by atoms with E-state index in [1.54, 1.807) is 14.2 Å². The van der Waals surface area contributed by atoms with Crippen LogP contribution in [0.5, 0.6) is 11.5 Å². The molecule has 0 heterocycles. The average molecular weight is 487 g/mol. The third kappa shape index (κ3) is 8.33. The van der Waals surface area contributed by atoms with Crippen molar-refractivity contribution in [3.05, 3.63) is 48.5 Å². The van der Waals surface area contributed by atoms with Crippen LogP contribution in [0.4, 0.5) is 0 Å².